The maximum atomic E-state index is 12.8. The Morgan fingerprint density at radius 3 is 2.41 bits per heavy atom. The van der Waals surface area contributed by atoms with Gasteiger partial charge >= 0.3 is 12.2 Å². The first-order valence-electron chi connectivity index (χ1n) is 8.72. The Morgan fingerprint density at radius 2 is 1.81 bits per heavy atom. The van der Waals surface area contributed by atoms with Crippen LogP contribution in [0.2, 0.25) is 0 Å². The number of hydrogen-bond acceptors (Lipinski definition) is 3. The molecule has 2 amide bonds. The maximum Gasteiger partial charge on any atom is 0.416 e. The Bertz CT molecular complexity index is 904. The molecule has 2 aromatic rings. The second-order valence-corrected chi connectivity index (χ2v) is 8.23. The Kier molecular flexibility index (Phi) is 4.59. The van der Waals surface area contributed by atoms with Gasteiger partial charge in [0.2, 0.25) is 0 Å². The van der Waals surface area contributed by atoms with Crippen LogP contribution in [0.15, 0.2) is 35.5 Å². The number of nitrogens with zero attached hydrogens (tertiary/aromatic N) is 3. The van der Waals surface area contributed by atoms with Crippen molar-refractivity contribution in [1.29, 1.82) is 0 Å². The summed E-state index contributed by atoms with van der Waals surface area (Å²) in [4.78, 5) is 20.0. The minimum absolute atomic E-state index is 0.285. The van der Waals surface area contributed by atoms with E-state index in [4.69, 9.17) is 0 Å². The molecule has 3 heterocycles. The monoisotopic (exact) mass is 396 g/mol. The average molecular weight is 396 g/mol. The van der Waals surface area contributed by atoms with Crippen LogP contribution in [0.4, 0.5) is 18.0 Å². The zero-order chi connectivity index (χ0) is 19.2. The SMILES string of the molecule is Cc1cn(-c2ccc(C(F)(F)F)cc2)/c(=N/C(=O)N2CC3CNCC3C2)s1. The van der Waals surface area contributed by atoms with Gasteiger partial charge in [-0.2, -0.15) is 18.2 Å². The van der Waals surface area contributed by atoms with Crippen molar-refractivity contribution in [2.75, 3.05) is 26.2 Å². The minimum Gasteiger partial charge on any atom is -0.322 e. The van der Waals surface area contributed by atoms with Crippen LogP contribution in [0, 0.1) is 18.8 Å². The number of thiazole rings is 1. The number of likely N-dealkylation sites (tertiary alicyclic amines) is 1. The molecule has 2 aliphatic heterocycles. The molecule has 2 saturated heterocycles. The molecule has 2 unspecified atom stereocenters. The molecule has 27 heavy (non-hydrogen) atoms. The van der Waals surface area contributed by atoms with E-state index in [1.54, 1.807) is 15.7 Å². The smallest absolute Gasteiger partial charge is 0.322 e. The van der Waals surface area contributed by atoms with E-state index in [1.165, 1.54) is 23.5 Å². The van der Waals surface area contributed by atoms with Crippen molar-refractivity contribution < 1.29 is 18.0 Å². The predicted octanol–water partition coefficient (Wildman–Crippen LogP) is 3.04. The van der Waals surface area contributed by atoms with E-state index in [2.05, 4.69) is 10.3 Å². The predicted molar refractivity (Wildman–Crippen MR) is 95.8 cm³/mol. The van der Waals surface area contributed by atoms with Crippen LogP contribution in [0.5, 0.6) is 0 Å². The minimum atomic E-state index is -4.38. The zero-order valence-electron chi connectivity index (χ0n) is 14.7. The van der Waals surface area contributed by atoms with Gasteiger partial charge in [0.25, 0.3) is 0 Å². The number of rotatable bonds is 1. The number of halogens is 3. The number of hydrogen-bond donors (Lipinski definition) is 1. The van der Waals surface area contributed by atoms with E-state index in [9.17, 15) is 18.0 Å². The number of carbonyl (C=O) groups excluding carboxylic acids is 1. The summed E-state index contributed by atoms with van der Waals surface area (Å²) in [5, 5.41) is 3.33. The molecule has 2 atom stereocenters. The van der Waals surface area contributed by atoms with Crippen LogP contribution in [0.25, 0.3) is 5.69 Å². The molecular formula is C18H19F3N4OS. The normalized spacial score (nSPS) is 23.1. The van der Waals surface area contributed by atoms with Gasteiger partial charge < -0.3 is 10.2 Å². The van der Waals surface area contributed by atoms with E-state index in [1.807, 2.05) is 6.92 Å². The Labute approximate surface area is 158 Å². The second-order valence-electron chi connectivity index (χ2n) is 7.02. The van der Waals surface area contributed by atoms with Gasteiger partial charge in [0.05, 0.1) is 5.56 Å². The largest absolute Gasteiger partial charge is 0.416 e. The summed E-state index contributed by atoms with van der Waals surface area (Å²) in [5.41, 5.74) is -0.160. The van der Waals surface area contributed by atoms with Crippen molar-refractivity contribution in [2.24, 2.45) is 16.8 Å². The first-order chi connectivity index (χ1) is 12.8. The first kappa shape index (κ1) is 18.2. The summed E-state index contributed by atoms with van der Waals surface area (Å²) in [6.45, 7) is 5.13. The Morgan fingerprint density at radius 1 is 1.19 bits per heavy atom. The molecule has 4 rings (SSSR count). The molecule has 2 fully saturated rings. The van der Waals surface area contributed by atoms with Crippen molar-refractivity contribution in [3.8, 4) is 5.69 Å². The number of alkyl halides is 3. The van der Waals surface area contributed by atoms with Crippen LogP contribution >= 0.6 is 11.3 Å². The number of fused-ring (bicyclic) bond motifs is 1. The summed E-state index contributed by atoms with van der Waals surface area (Å²) in [6.07, 6.45) is -2.60. The van der Waals surface area contributed by atoms with Gasteiger partial charge in [-0.05, 0) is 43.0 Å². The van der Waals surface area contributed by atoms with Gasteiger partial charge in [-0.3, -0.25) is 4.57 Å². The fourth-order valence-corrected chi connectivity index (χ4v) is 4.52. The van der Waals surface area contributed by atoms with Gasteiger partial charge in [-0.15, -0.1) is 11.3 Å². The number of amides is 2. The summed E-state index contributed by atoms with van der Waals surface area (Å²) < 4.78 is 40.0. The number of carbonyl (C=O) groups is 1. The van der Waals surface area contributed by atoms with E-state index in [0.29, 0.717) is 35.4 Å². The molecule has 5 nitrogen and oxygen atoms in total. The molecule has 0 radical (unpaired) electrons. The summed E-state index contributed by atoms with van der Waals surface area (Å²) in [5.74, 6) is 0.965. The maximum absolute atomic E-state index is 12.8. The quantitative estimate of drug-likeness (QED) is 0.806. The van der Waals surface area contributed by atoms with Gasteiger partial charge in [-0.1, -0.05) is 0 Å². The fourth-order valence-electron chi connectivity index (χ4n) is 3.69. The standard InChI is InChI=1S/C18H19F3N4OS/c1-11-8-25(15-4-2-14(3-5-15)18(19,20)21)17(27-11)23-16(26)24-9-12-6-22-7-13(12)10-24/h2-5,8,12-13,22H,6-7,9-10H2,1H3/b23-17-. The first-order valence-corrected chi connectivity index (χ1v) is 9.54. The van der Waals surface area contributed by atoms with Gasteiger partial charge in [-0.25, -0.2) is 4.79 Å². The lowest BCUT2D eigenvalue weighted by Crippen LogP contribution is -2.31. The highest BCUT2D eigenvalue weighted by Crippen LogP contribution is 2.29. The molecule has 0 saturated carbocycles. The molecule has 1 aromatic carbocycles. The molecule has 1 aromatic heterocycles. The third-order valence-electron chi connectivity index (χ3n) is 5.09. The average Bonchev–Trinajstić information content (AvgIpc) is 3.28. The molecule has 144 valence electrons. The highest BCUT2D eigenvalue weighted by atomic mass is 32.1. The summed E-state index contributed by atoms with van der Waals surface area (Å²) in [7, 11) is 0. The van der Waals surface area contributed by atoms with Gasteiger partial charge in [0, 0.05) is 42.9 Å². The highest BCUT2D eigenvalue weighted by Gasteiger charge is 2.38. The van der Waals surface area contributed by atoms with E-state index >= 15 is 0 Å². The van der Waals surface area contributed by atoms with Crippen molar-refractivity contribution in [2.45, 2.75) is 13.1 Å². The Balaban J connectivity index is 1.61. The number of aryl methyl sites for hydroxylation is 1. The number of benzene rings is 1. The number of nitrogens with one attached hydrogen (secondary N) is 1. The van der Waals surface area contributed by atoms with E-state index in [0.717, 1.165) is 30.1 Å². The van der Waals surface area contributed by atoms with E-state index < -0.39 is 11.7 Å². The molecule has 1 N–H and O–H groups in total. The van der Waals surface area contributed by atoms with Crippen LogP contribution in [-0.4, -0.2) is 41.7 Å². The van der Waals surface area contributed by atoms with Crippen molar-refractivity contribution in [1.82, 2.24) is 14.8 Å². The molecule has 0 bridgehead atoms. The molecule has 9 heteroatoms. The molecule has 0 aliphatic carbocycles. The third kappa shape index (κ3) is 3.66. The van der Waals surface area contributed by atoms with E-state index in [-0.39, 0.29) is 6.03 Å². The zero-order valence-corrected chi connectivity index (χ0v) is 15.5. The molecule has 0 spiro atoms. The lowest BCUT2D eigenvalue weighted by atomic mass is 10.0. The van der Waals surface area contributed by atoms with Gasteiger partial charge in [0.15, 0.2) is 4.80 Å². The van der Waals surface area contributed by atoms with Gasteiger partial charge in [0.1, 0.15) is 0 Å². The van der Waals surface area contributed by atoms with Crippen LogP contribution in [-0.2, 0) is 6.18 Å². The van der Waals surface area contributed by atoms with Crippen LogP contribution in [0.1, 0.15) is 10.4 Å². The van der Waals surface area contributed by atoms with Crippen molar-refractivity contribution in [3.05, 3.63) is 45.7 Å². The molecule has 2 aliphatic rings. The number of urea groups is 1. The summed E-state index contributed by atoms with van der Waals surface area (Å²) in [6, 6.07) is 4.58. The highest BCUT2D eigenvalue weighted by molar-refractivity contribution is 7.09. The summed E-state index contributed by atoms with van der Waals surface area (Å²) >= 11 is 1.34. The van der Waals surface area contributed by atoms with Crippen LogP contribution < -0.4 is 10.1 Å². The van der Waals surface area contributed by atoms with Crippen LogP contribution in [0.3, 0.4) is 0 Å². The second kappa shape index (κ2) is 6.79. The van der Waals surface area contributed by atoms with Crippen molar-refractivity contribution in [3.63, 3.8) is 0 Å². The van der Waals surface area contributed by atoms with Crippen molar-refractivity contribution >= 4 is 17.4 Å². The number of aromatic nitrogens is 1. The third-order valence-corrected chi connectivity index (χ3v) is 5.99. The fraction of sp³-hybridized carbons (Fsp3) is 0.444. The lowest BCUT2D eigenvalue weighted by molar-refractivity contribution is -0.137. The lowest BCUT2D eigenvalue weighted by Gasteiger charge is -2.14. The topological polar surface area (TPSA) is 49.6 Å². The molecular weight excluding hydrogens is 377 g/mol. The Hall–Kier alpha value is -2.13.